The Morgan fingerprint density at radius 3 is 3.00 bits per heavy atom. The maximum absolute atomic E-state index is 6.07. The van der Waals surface area contributed by atoms with Crippen molar-refractivity contribution in [2.45, 2.75) is 12.5 Å². The van der Waals surface area contributed by atoms with Gasteiger partial charge in [0.2, 0.25) is 0 Å². The lowest BCUT2D eigenvalue weighted by atomic mass is 10.1. The number of aromatic nitrogens is 3. The van der Waals surface area contributed by atoms with Crippen molar-refractivity contribution in [3.63, 3.8) is 0 Å². The van der Waals surface area contributed by atoms with Gasteiger partial charge in [0, 0.05) is 18.3 Å². The van der Waals surface area contributed by atoms with Crippen molar-refractivity contribution in [3.8, 4) is 0 Å². The first-order valence-electron chi connectivity index (χ1n) is 4.74. The van der Waals surface area contributed by atoms with Crippen LogP contribution >= 0.6 is 22.9 Å². The van der Waals surface area contributed by atoms with Crippen LogP contribution in [-0.2, 0) is 13.5 Å². The second-order valence-electron chi connectivity index (χ2n) is 3.36. The van der Waals surface area contributed by atoms with E-state index in [9.17, 15) is 0 Å². The van der Waals surface area contributed by atoms with E-state index in [1.807, 2.05) is 18.5 Å². The highest BCUT2D eigenvalue weighted by Crippen LogP contribution is 2.29. The number of hydrogen-bond donors (Lipinski definition) is 2. The molecular formula is C9H12ClN5S. The molecule has 2 rings (SSSR count). The fourth-order valence-electron chi connectivity index (χ4n) is 1.47. The fourth-order valence-corrected chi connectivity index (χ4v) is 2.72. The molecule has 1 unspecified atom stereocenters. The Balaban J connectivity index is 2.19. The molecule has 5 nitrogen and oxygen atoms in total. The Morgan fingerprint density at radius 2 is 2.50 bits per heavy atom. The van der Waals surface area contributed by atoms with Gasteiger partial charge in [-0.15, -0.1) is 11.3 Å². The predicted octanol–water partition coefficient (Wildman–Crippen LogP) is 1.28. The maximum atomic E-state index is 6.07. The number of hydrazine groups is 1. The molecule has 7 heteroatoms. The summed E-state index contributed by atoms with van der Waals surface area (Å²) in [5.41, 5.74) is 2.76. The fraction of sp³-hybridized carbons (Fsp3) is 0.333. The summed E-state index contributed by atoms with van der Waals surface area (Å²) in [4.78, 5) is 5.18. The third-order valence-corrected chi connectivity index (χ3v) is 3.83. The molecule has 86 valence electrons. The standard InChI is InChI=1S/C9H12ClN5S/c1-15-8(12-5-13-15)4-7(14-11)9-6(10)2-3-16-9/h2-3,5,7,14H,4,11H2,1H3. The highest BCUT2D eigenvalue weighted by Gasteiger charge is 2.17. The summed E-state index contributed by atoms with van der Waals surface area (Å²) in [6.07, 6.45) is 2.19. The van der Waals surface area contributed by atoms with Crippen LogP contribution in [0.5, 0.6) is 0 Å². The molecule has 0 saturated carbocycles. The number of halogens is 1. The number of thiophene rings is 1. The summed E-state index contributed by atoms with van der Waals surface area (Å²) >= 11 is 7.64. The van der Waals surface area contributed by atoms with Crippen molar-refractivity contribution in [1.29, 1.82) is 0 Å². The summed E-state index contributed by atoms with van der Waals surface area (Å²) in [6, 6.07) is 1.83. The van der Waals surface area contributed by atoms with Gasteiger partial charge >= 0.3 is 0 Å². The summed E-state index contributed by atoms with van der Waals surface area (Å²) in [5.74, 6) is 6.41. The van der Waals surface area contributed by atoms with Crippen LogP contribution in [0.25, 0.3) is 0 Å². The van der Waals surface area contributed by atoms with Gasteiger partial charge in [0.15, 0.2) is 0 Å². The zero-order valence-corrected chi connectivity index (χ0v) is 10.3. The lowest BCUT2D eigenvalue weighted by Crippen LogP contribution is -2.30. The van der Waals surface area contributed by atoms with E-state index in [1.54, 1.807) is 16.0 Å². The Labute approximate surface area is 102 Å². The van der Waals surface area contributed by atoms with Crippen LogP contribution in [0.3, 0.4) is 0 Å². The van der Waals surface area contributed by atoms with Crippen LogP contribution in [0.4, 0.5) is 0 Å². The highest BCUT2D eigenvalue weighted by atomic mass is 35.5. The van der Waals surface area contributed by atoms with Crippen molar-refractivity contribution >= 4 is 22.9 Å². The van der Waals surface area contributed by atoms with Crippen molar-refractivity contribution in [1.82, 2.24) is 20.2 Å². The van der Waals surface area contributed by atoms with E-state index in [2.05, 4.69) is 15.5 Å². The molecule has 16 heavy (non-hydrogen) atoms. The third kappa shape index (κ3) is 2.25. The second kappa shape index (κ2) is 4.92. The van der Waals surface area contributed by atoms with E-state index in [4.69, 9.17) is 17.4 Å². The van der Waals surface area contributed by atoms with Crippen LogP contribution in [0.15, 0.2) is 17.8 Å². The molecule has 0 aromatic carbocycles. The van der Waals surface area contributed by atoms with Crippen molar-refractivity contribution in [2.75, 3.05) is 0 Å². The quantitative estimate of drug-likeness (QED) is 0.640. The monoisotopic (exact) mass is 257 g/mol. The highest BCUT2D eigenvalue weighted by molar-refractivity contribution is 7.10. The molecule has 0 aliphatic carbocycles. The zero-order chi connectivity index (χ0) is 11.5. The number of nitrogens with one attached hydrogen (secondary N) is 1. The predicted molar refractivity (Wildman–Crippen MR) is 64.1 cm³/mol. The lowest BCUT2D eigenvalue weighted by Gasteiger charge is -2.14. The third-order valence-electron chi connectivity index (χ3n) is 2.35. The molecule has 0 fully saturated rings. The van der Waals surface area contributed by atoms with E-state index in [1.165, 1.54) is 6.33 Å². The minimum absolute atomic E-state index is 0.0320. The molecule has 0 amide bonds. The van der Waals surface area contributed by atoms with E-state index in [0.29, 0.717) is 6.42 Å². The van der Waals surface area contributed by atoms with Gasteiger partial charge in [-0.3, -0.25) is 16.0 Å². The Hall–Kier alpha value is -0.950. The van der Waals surface area contributed by atoms with Crippen molar-refractivity contribution in [2.24, 2.45) is 12.9 Å². The summed E-state index contributed by atoms with van der Waals surface area (Å²) < 4.78 is 1.73. The van der Waals surface area contributed by atoms with Crippen LogP contribution in [0.1, 0.15) is 16.7 Å². The summed E-state index contributed by atoms with van der Waals surface area (Å²) in [7, 11) is 1.85. The molecule has 1 atom stereocenters. The Kier molecular flexibility index (Phi) is 3.55. The molecule has 3 N–H and O–H groups in total. The molecule has 0 aliphatic heterocycles. The first-order chi connectivity index (χ1) is 7.72. The maximum Gasteiger partial charge on any atom is 0.138 e. The number of nitrogens with zero attached hydrogens (tertiary/aromatic N) is 3. The van der Waals surface area contributed by atoms with Crippen LogP contribution in [-0.4, -0.2) is 14.8 Å². The molecule has 0 aliphatic rings. The molecule has 0 bridgehead atoms. The number of rotatable bonds is 4. The van der Waals surface area contributed by atoms with Gasteiger partial charge in [0.25, 0.3) is 0 Å². The molecule has 0 spiro atoms. The topological polar surface area (TPSA) is 68.8 Å². The number of nitrogens with two attached hydrogens (primary N) is 1. The molecule has 2 heterocycles. The molecule has 0 saturated heterocycles. The van der Waals surface area contributed by atoms with E-state index in [0.717, 1.165) is 15.7 Å². The van der Waals surface area contributed by atoms with Gasteiger partial charge in [0.1, 0.15) is 12.2 Å². The molecule has 2 aromatic rings. The van der Waals surface area contributed by atoms with Gasteiger partial charge in [-0.25, -0.2) is 4.98 Å². The first-order valence-corrected chi connectivity index (χ1v) is 6.00. The van der Waals surface area contributed by atoms with Gasteiger partial charge < -0.3 is 0 Å². The smallest absolute Gasteiger partial charge is 0.138 e. The van der Waals surface area contributed by atoms with Crippen LogP contribution in [0.2, 0.25) is 5.02 Å². The van der Waals surface area contributed by atoms with E-state index >= 15 is 0 Å². The minimum Gasteiger partial charge on any atom is -0.271 e. The number of aryl methyl sites for hydroxylation is 1. The minimum atomic E-state index is -0.0320. The van der Waals surface area contributed by atoms with Gasteiger partial charge in [-0.05, 0) is 11.4 Å². The Bertz CT molecular complexity index is 466. The zero-order valence-electron chi connectivity index (χ0n) is 8.72. The summed E-state index contributed by atoms with van der Waals surface area (Å²) in [5, 5.41) is 6.69. The number of hydrogen-bond acceptors (Lipinski definition) is 5. The van der Waals surface area contributed by atoms with Gasteiger partial charge in [-0.2, -0.15) is 5.10 Å². The van der Waals surface area contributed by atoms with Crippen molar-refractivity contribution < 1.29 is 0 Å². The Morgan fingerprint density at radius 1 is 1.69 bits per heavy atom. The molecular weight excluding hydrogens is 246 g/mol. The molecule has 0 radical (unpaired) electrons. The van der Waals surface area contributed by atoms with Gasteiger partial charge in [0.05, 0.1) is 11.1 Å². The van der Waals surface area contributed by atoms with E-state index in [-0.39, 0.29) is 6.04 Å². The van der Waals surface area contributed by atoms with Gasteiger partial charge in [-0.1, -0.05) is 11.6 Å². The van der Waals surface area contributed by atoms with E-state index < -0.39 is 0 Å². The largest absolute Gasteiger partial charge is 0.271 e. The first kappa shape index (κ1) is 11.5. The molecule has 2 aromatic heterocycles. The average molecular weight is 258 g/mol. The van der Waals surface area contributed by atoms with Crippen LogP contribution in [0, 0.1) is 0 Å². The normalized spacial score (nSPS) is 12.9. The second-order valence-corrected chi connectivity index (χ2v) is 4.71. The van der Waals surface area contributed by atoms with Crippen LogP contribution < -0.4 is 11.3 Å². The average Bonchev–Trinajstić information content (AvgIpc) is 2.85. The lowest BCUT2D eigenvalue weighted by molar-refractivity contribution is 0.530. The summed E-state index contributed by atoms with van der Waals surface area (Å²) in [6.45, 7) is 0. The SMILES string of the molecule is Cn1ncnc1CC(NN)c1sccc1Cl. The van der Waals surface area contributed by atoms with Crippen molar-refractivity contribution in [3.05, 3.63) is 33.5 Å².